The van der Waals surface area contributed by atoms with Gasteiger partial charge in [-0.05, 0) is 53.9 Å². The molecule has 0 bridgehead atoms. The molecule has 0 amide bonds. The Bertz CT molecular complexity index is 446. The normalized spacial score (nSPS) is 18.7. The van der Waals surface area contributed by atoms with Crippen molar-refractivity contribution in [2.75, 3.05) is 31.6 Å². The Morgan fingerprint density at radius 1 is 1.35 bits per heavy atom. The molecule has 0 spiro atoms. The topological polar surface area (TPSA) is 24.5 Å². The highest BCUT2D eigenvalue weighted by Gasteiger charge is 2.30. The molecule has 0 saturated carbocycles. The molecule has 1 aromatic carbocycles. The van der Waals surface area contributed by atoms with E-state index in [1.807, 2.05) is 0 Å². The monoisotopic (exact) mass is 340 g/mol. The van der Waals surface area contributed by atoms with Crippen LogP contribution in [0.25, 0.3) is 0 Å². The first-order chi connectivity index (χ1) is 9.64. The number of ether oxygens (including phenoxy) is 1. The van der Waals surface area contributed by atoms with Gasteiger partial charge in [-0.1, -0.05) is 13.8 Å². The summed E-state index contributed by atoms with van der Waals surface area (Å²) in [6.07, 6.45) is 3.50. The van der Waals surface area contributed by atoms with Gasteiger partial charge in [0.1, 0.15) is 5.75 Å². The van der Waals surface area contributed by atoms with E-state index in [-0.39, 0.29) is 5.54 Å². The van der Waals surface area contributed by atoms with E-state index in [2.05, 4.69) is 58.2 Å². The molecule has 1 aliphatic rings. The highest BCUT2D eigenvalue weighted by molar-refractivity contribution is 9.10. The highest BCUT2D eigenvalue weighted by atomic mass is 79.9. The van der Waals surface area contributed by atoms with Crippen molar-refractivity contribution in [2.24, 2.45) is 0 Å². The second-order valence-corrected chi connectivity index (χ2v) is 6.36. The number of methoxy groups -OCH3 is 1. The molecule has 1 heterocycles. The fraction of sp³-hybridized carbons (Fsp3) is 0.625. The fourth-order valence-corrected chi connectivity index (χ4v) is 3.32. The van der Waals surface area contributed by atoms with E-state index < -0.39 is 0 Å². The van der Waals surface area contributed by atoms with Crippen molar-refractivity contribution in [3.05, 3.63) is 22.7 Å². The van der Waals surface area contributed by atoms with Crippen LogP contribution in [0.5, 0.6) is 5.75 Å². The second kappa shape index (κ2) is 6.81. The molecule has 1 N–H and O–H groups in total. The molecule has 1 fully saturated rings. The zero-order chi connectivity index (χ0) is 14.6. The molecule has 0 aliphatic carbocycles. The largest absolute Gasteiger partial charge is 0.495 e. The standard InChI is InChI=1S/C16H25BrN2O/c1-4-16(5-2)12-19(10-6-9-18-16)13-7-8-14(17)15(11-13)20-3/h7-8,11,18H,4-6,9-10,12H2,1-3H3. The van der Waals surface area contributed by atoms with Gasteiger partial charge >= 0.3 is 0 Å². The van der Waals surface area contributed by atoms with Crippen molar-refractivity contribution in [3.63, 3.8) is 0 Å². The predicted molar refractivity (Wildman–Crippen MR) is 88.8 cm³/mol. The fourth-order valence-electron chi connectivity index (χ4n) is 2.91. The van der Waals surface area contributed by atoms with Crippen LogP contribution < -0.4 is 15.0 Å². The SMILES string of the molecule is CCC1(CC)CN(c2ccc(Br)c(OC)c2)CCCN1. The molecule has 0 aromatic heterocycles. The van der Waals surface area contributed by atoms with Crippen LogP contribution in [0.2, 0.25) is 0 Å². The first-order valence-corrected chi connectivity index (χ1v) is 8.27. The van der Waals surface area contributed by atoms with Crippen molar-refractivity contribution in [1.82, 2.24) is 5.32 Å². The Morgan fingerprint density at radius 2 is 2.10 bits per heavy atom. The van der Waals surface area contributed by atoms with E-state index in [0.29, 0.717) is 0 Å². The number of hydrogen-bond donors (Lipinski definition) is 1. The molecule has 20 heavy (non-hydrogen) atoms. The van der Waals surface area contributed by atoms with Crippen molar-refractivity contribution in [1.29, 1.82) is 0 Å². The molecule has 1 aromatic rings. The zero-order valence-electron chi connectivity index (χ0n) is 12.7. The smallest absolute Gasteiger partial charge is 0.135 e. The Labute approximate surface area is 130 Å². The third-order valence-electron chi connectivity index (χ3n) is 4.45. The average molecular weight is 341 g/mol. The summed E-state index contributed by atoms with van der Waals surface area (Å²) in [4.78, 5) is 2.49. The molecule has 112 valence electrons. The quantitative estimate of drug-likeness (QED) is 0.901. The Hall–Kier alpha value is -0.740. The predicted octanol–water partition coefficient (Wildman–Crippen LogP) is 3.82. The third-order valence-corrected chi connectivity index (χ3v) is 5.11. The number of rotatable bonds is 4. The van der Waals surface area contributed by atoms with Crippen LogP contribution >= 0.6 is 15.9 Å². The van der Waals surface area contributed by atoms with Gasteiger partial charge in [0.2, 0.25) is 0 Å². The molecule has 3 nitrogen and oxygen atoms in total. The van der Waals surface area contributed by atoms with Gasteiger partial charge in [0.15, 0.2) is 0 Å². The average Bonchev–Trinajstić information content (AvgIpc) is 2.71. The number of hydrogen-bond acceptors (Lipinski definition) is 3. The van der Waals surface area contributed by atoms with E-state index in [1.54, 1.807) is 7.11 Å². The molecule has 1 aliphatic heterocycles. The molecular formula is C16H25BrN2O. The Kier molecular flexibility index (Phi) is 5.33. The summed E-state index contributed by atoms with van der Waals surface area (Å²) in [5.74, 6) is 0.901. The number of halogens is 1. The van der Waals surface area contributed by atoms with Crippen LogP contribution in [0.15, 0.2) is 22.7 Å². The van der Waals surface area contributed by atoms with Gasteiger partial charge in [-0.25, -0.2) is 0 Å². The summed E-state index contributed by atoms with van der Waals surface area (Å²) < 4.78 is 6.43. The van der Waals surface area contributed by atoms with Crippen LogP contribution in [-0.4, -0.2) is 32.3 Å². The van der Waals surface area contributed by atoms with Gasteiger partial charge in [0.25, 0.3) is 0 Å². The molecule has 0 unspecified atom stereocenters. The van der Waals surface area contributed by atoms with Crippen LogP contribution in [-0.2, 0) is 0 Å². The lowest BCUT2D eigenvalue weighted by Gasteiger charge is -2.36. The van der Waals surface area contributed by atoms with Gasteiger partial charge in [0.05, 0.1) is 11.6 Å². The van der Waals surface area contributed by atoms with Crippen LogP contribution in [0.4, 0.5) is 5.69 Å². The van der Waals surface area contributed by atoms with Gasteiger partial charge in [0, 0.05) is 30.4 Å². The van der Waals surface area contributed by atoms with Crippen LogP contribution in [0.1, 0.15) is 33.1 Å². The molecule has 0 radical (unpaired) electrons. The molecular weight excluding hydrogens is 316 g/mol. The van der Waals surface area contributed by atoms with Crippen LogP contribution in [0, 0.1) is 0 Å². The maximum absolute atomic E-state index is 5.42. The summed E-state index contributed by atoms with van der Waals surface area (Å²) in [5, 5.41) is 3.75. The van der Waals surface area contributed by atoms with Gasteiger partial charge < -0.3 is 15.0 Å². The van der Waals surface area contributed by atoms with E-state index >= 15 is 0 Å². The van der Waals surface area contributed by atoms with E-state index in [1.165, 1.54) is 12.1 Å². The van der Waals surface area contributed by atoms with E-state index in [4.69, 9.17) is 4.74 Å². The maximum atomic E-state index is 5.42. The van der Waals surface area contributed by atoms with Crippen molar-refractivity contribution < 1.29 is 4.74 Å². The Morgan fingerprint density at radius 3 is 2.75 bits per heavy atom. The lowest BCUT2D eigenvalue weighted by molar-refractivity contribution is 0.321. The summed E-state index contributed by atoms with van der Waals surface area (Å²) in [7, 11) is 1.72. The van der Waals surface area contributed by atoms with Gasteiger partial charge in [-0.15, -0.1) is 0 Å². The lowest BCUT2D eigenvalue weighted by Crippen LogP contribution is -2.50. The molecule has 4 heteroatoms. The number of benzene rings is 1. The highest BCUT2D eigenvalue weighted by Crippen LogP contribution is 2.31. The summed E-state index contributed by atoms with van der Waals surface area (Å²) in [6.45, 7) is 7.82. The maximum Gasteiger partial charge on any atom is 0.135 e. The molecule has 1 saturated heterocycles. The minimum Gasteiger partial charge on any atom is -0.495 e. The van der Waals surface area contributed by atoms with E-state index in [9.17, 15) is 0 Å². The first-order valence-electron chi connectivity index (χ1n) is 7.47. The molecule has 2 rings (SSSR count). The van der Waals surface area contributed by atoms with E-state index in [0.717, 1.165) is 42.7 Å². The summed E-state index contributed by atoms with van der Waals surface area (Å²) >= 11 is 3.52. The third kappa shape index (κ3) is 3.29. The summed E-state index contributed by atoms with van der Waals surface area (Å²) in [5.41, 5.74) is 1.48. The van der Waals surface area contributed by atoms with Crippen molar-refractivity contribution in [2.45, 2.75) is 38.6 Å². The Balaban J connectivity index is 2.26. The van der Waals surface area contributed by atoms with Crippen molar-refractivity contribution in [3.8, 4) is 5.75 Å². The first kappa shape index (κ1) is 15.6. The number of nitrogens with zero attached hydrogens (tertiary/aromatic N) is 1. The summed E-state index contributed by atoms with van der Waals surface area (Å²) in [6, 6.07) is 6.38. The molecule has 0 atom stereocenters. The van der Waals surface area contributed by atoms with Crippen LogP contribution in [0.3, 0.4) is 0 Å². The van der Waals surface area contributed by atoms with Crippen molar-refractivity contribution >= 4 is 21.6 Å². The lowest BCUT2D eigenvalue weighted by atomic mass is 9.92. The minimum absolute atomic E-state index is 0.233. The number of anilines is 1. The minimum atomic E-state index is 0.233. The zero-order valence-corrected chi connectivity index (χ0v) is 14.3. The second-order valence-electron chi connectivity index (χ2n) is 5.51. The van der Waals surface area contributed by atoms with Gasteiger partial charge in [-0.2, -0.15) is 0 Å². The van der Waals surface area contributed by atoms with Gasteiger partial charge in [-0.3, -0.25) is 0 Å². The number of nitrogens with one attached hydrogen (secondary N) is 1.